The highest BCUT2D eigenvalue weighted by molar-refractivity contribution is 7.08. The molecule has 0 saturated carbocycles. The highest BCUT2D eigenvalue weighted by Gasteiger charge is 1.98. The molecule has 0 aliphatic heterocycles. The highest BCUT2D eigenvalue weighted by atomic mass is 32.1. The number of rotatable bonds is 6. The molecular weight excluding hydrogens is 248 g/mol. The summed E-state index contributed by atoms with van der Waals surface area (Å²) in [6.07, 6.45) is 0. The van der Waals surface area contributed by atoms with Gasteiger partial charge in [0, 0.05) is 17.6 Å². The van der Waals surface area contributed by atoms with E-state index < -0.39 is 5.91 Å². The molecule has 0 saturated heterocycles. The molecule has 5 heteroatoms. The van der Waals surface area contributed by atoms with Crippen molar-refractivity contribution >= 4 is 22.9 Å². The van der Waals surface area contributed by atoms with Crippen LogP contribution in [-0.2, 0) is 11.3 Å². The number of carbonyl (C=O) groups excluding carboxylic acids is 1. The van der Waals surface area contributed by atoms with Gasteiger partial charge in [0.15, 0.2) is 6.61 Å². The fourth-order valence-corrected chi connectivity index (χ4v) is 2.04. The van der Waals surface area contributed by atoms with E-state index in [1.54, 1.807) is 11.3 Å². The Morgan fingerprint density at radius 3 is 2.67 bits per heavy atom. The summed E-state index contributed by atoms with van der Waals surface area (Å²) in [6, 6.07) is 9.60. The van der Waals surface area contributed by atoms with Crippen LogP contribution in [0.1, 0.15) is 5.56 Å². The molecule has 1 aromatic heterocycles. The minimum absolute atomic E-state index is 0.0908. The second kappa shape index (κ2) is 6.07. The lowest BCUT2D eigenvalue weighted by molar-refractivity contribution is -0.119. The molecule has 0 spiro atoms. The molecule has 18 heavy (non-hydrogen) atoms. The summed E-state index contributed by atoms with van der Waals surface area (Å²) < 4.78 is 5.18. The maximum absolute atomic E-state index is 10.6. The van der Waals surface area contributed by atoms with Crippen molar-refractivity contribution in [3.05, 3.63) is 46.7 Å². The standard InChI is InChI=1S/C13H14N2O2S/c14-13(16)8-17-12-3-1-10(2-4-12)7-15-11-5-6-18-9-11/h1-6,9,15H,7-8H2,(H2,14,16). The van der Waals surface area contributed by atoms with E-state index in [1.165, 1.54) is 0 Å². The number of benzene rings is 1. The van der Waals surface area contributed by atoms with E-state index in [0.717, 1.165) is 17.8 Å². The zero-order valence-corrected chi connectivity index (χ0v) is 10.6. The van der Waals surface area contributed by atoms with Crippen molar-refractivity contribution in [3.63, 3.8) is 0 Å². The van der Waals surface area contributed by atoms with Crippen LogP contribution in [-0.4, -0.2) is 12.5 Å². The van der Waals surface area contributed by atoms with E-state index in [9.17, 15) is 4.79 Å². The van der Waals surface area contributed by atoms with E-state index in [0.29, 0.717) is 5.75 Å². The lowest BCUT2D eigenvalue weighted by atomic mass is 10.2. The summed E-state index contributed by atoms with van der Waals surface area (Å²) in [5.41, 5.74) is 7.26. The Bertz CT molecular complexity index is 494. The van der Waals surface area contributed by atoms with Gasteiger partial charge in [0.2, 0.25) is 0 Å². The number of hydrogen-bond donors (Lipinski definition) is 2. The topological polar surface area (TPSA) is 64.4 Å². The molecule has 4 nitrogen and oxygen atoms in total. The van der Waals surface area contributed by atoms with E-state index >= 15 is 0 Å². The molecule has 1 amide bonds. The SMILES string of the molecule is NC(=O)COc1ccc(CNc2ccsc2)cc1. The summed E-state index contributed by atoms with van der Waals surface area (Å²) >= 11 is 1.66. The van der Waals surface area contributed by atoms with Gasteiger partial charge in [0.05, 0.1) is 0 Å². The number of hydrogen-bond acceptors (Lipinski definition) is 4. The fourth-order valence-electron chi connectivity index (χ4n) is 1.43. The smallest absolute Gasteiger partial charge is 0.255 e. The molecule has 0 aliphatic rings. The number of carbonyl (C=O) groups is 1. The van der Waals surface area contributed by atoms with Gasteiger partial charge in [-0.2, -0.15) is 11.3 Å². The van der Waals surface area contributed by atoms with Gasteiger partial charge in [0.25, 0.3) is 5.91 Å². The number of thiophene rings is 1. The second-order valence-electron chi connectivity index (χ2n) is 3.76. The van der Waals surface area contributed by atoms with Crippen LogP contribution in [0.2, 0.25) is 0 Å². The fraction of sp³-hybridized carbons (Fsp3) is 0.154. The maximum Gasteiger partial charge on any atom is 0.255 e. The second-order valence-corrected chi connectivity index (χ2v) is 4.54. The first-order valence-electron chi connectivity index (χ1n) is 5.50. The monoisotopic (exact) mass is 262 g/mol. The van der Waals surface area contributed by atoms with E-state index in [4.69, 9.17) is 10.5 Å². The quantitative estimate of drug-likeness (QED) is 0.839. The van der Waals surface area contributed by atoms with Crippen LogP contribution < -0.4 is 15.8 Å². The molecule has 0 atom stereocenters. The predicted octanol–water partition coefficient (Wildman–Crippen LogP) is 2.22. The van der Waals surface area contributed by atoms with Crippen molar-refractivity contribution < 1.29 is 9.53 Å². The van der Waals surface area contributed by atoms with E-state index in [-0.39, 0.29) is 6.61 Å². The molecule has 0 radical (unpaired) electrons. The summed E-state index contributed by atoms with van der Waals surface area (Å²) in [5, 5.41) is 7.40. The van der Waals surface area contributed by atoms with Crippen molar-refractivity contribution in [1.82, 2.24) is 0 Å². The van der Waals surface area contributed by atoms with Crippen molar-refractivity contribution in [2.75, 3.05) is 11.9 Å². The molecule has 0 fully saturated rings. The van der Waals surface area contributed by atoms with Gasteiger partial charge in [-0.3, -0.25) is 4.79 Å². The molecule has 2 aromatic rings. The summed E-state index contributed by atoms with van der Waals surface area (Å²) in [6.45, 7) is 0.666. The van der Waals surface area contributed by atoms with E-state index in [1.807, 2.05) is 35.7 Å². The average molecular weight is 262 g/mol. The third-order valence-electron chi connectivity index (χ3n) is 2.32. The average Bonchev–Trinajstić information content (AvgIpc) is 2.88. The predicted molar refractivity (Wildman–Crippen MR) is 72.8 cm³/mol. The van der Waals surface area contributed by atoms with Gasteiger partial charge in [-0.1, -0.05) is 12.1 Å². The first-order chi connectivity index (χ1) is 8.74. The summed E-state index contributed by atoms with van der Waals surface area (Å²) in [5.74, 6) is 0.172. The first-order valence-corrected chi connectivity index (χ1v) is 6.44. The number of nitrogens with one attached hydrogen (secondary N) is 1. The third kappa shape index (κ3) is 3.78. The highest BCUT2D eigenvalue weighted by Crippen LogP contribution is 2.15. The minimum Gasteiger partial charge on any atom is -0.484 e. The van der Waals surface area contributed by atoms with Gasteiger partial charge in [-0.05, 0) is 29.1 Å². The number of amides is 1. The maximum atomic E-state index is 10.6. The molecule has 2 rings (SSSR count). The van der Waals surface area contributed by atoms with Crippen molar-refractivity contribution in [2.24, 2.45) is 5.73 Å². The summed E-state index contributed by atoms with van der Waals surface area (Å²) in [7, 11) is 0. The first kappa shape index (κ1) is 12.4. The molecule has 1 heterocycles. The van der Waals surface area contributed by atoms with Crippen molar-refractivity contribution in [1.29, 1.82) is 0 Å². The van der Waals surface area contributed by atoms with Crippen LogP contribution >= 0.6 is 11.3 Å². The molecule has 0 bridgehead atoms. The zero-order valence-electron chi connectivity index (χ0n) is 9.76. The number of primary amides is 1. The molecular formula is C13H14N2O2S. The van der Waals surface area contributed by atoms with Gasteiger partial charge < -0.3 is 15.8 Å². The Hall–Kier alpha value is -2.01. The third-order valence-corrected chi connectivity index (χ3v) is 3.01. The molecule has 0 aliphatic carbocycles. The molecule has 0 unspecified atom stereocenters. The van der Waals surface area contributed by atoms with Crippen LogP contribution in [0.3, 0.4) is 0 Å². The molecule has 94 valence electrons. The van der Waals surface area contributed by atoms with Gasteiger partial charge in [-0.15, -0.1) is 0 Å². The Kier molecular flexibility index (Phi) is 4.20. The Morgan fingerprint density at radius 1 is 1.28 bits per heavy atom. The normalized spacial score (nSPS) is 10.0. The van der Waals surface area contributed by atoms with Gasteiger partial charge in [0.1, 0.15) is 5.75 Å². The van der Waals surface area contributed by atoms with Crippen LogP contribution in [0.4, 0.5) is 5.69 Å². The minimum atomic E-state index is -0.474. The van der Waals surface area contributed by atoms with E-state index in [2.05, 4.69) is 10.7 Å². The lowest BCUT2D eigenvalue weighted by Crippen LogP contribution is -2.19. The Morgan fingerprint density at radius 2 is 2.06 bits per heavy atom. The lowest BCUT2D eigenvalue weighted by Gasteiger charge is -2.06. The largest absolute Gasteiger partial charge is 0.484 e. The van der Waals surface area contributed by atoms with Gasteiger partial charge >= 0.3 is 0 Å². The number of nitrogens with two attached hydrogens (primary N) is 1. The number of ether oxygens (including phenoxy) is 1. The molecule has 1 aromatic carbocycles. The number of anilines is 1. The van der Waals surface area contributed by atoms with Gasteiger partial charge in [-0.25, -0.2) is 0 Å². The molecule has 3 N–H and O–H groups in total. The van der Waals surface area contributed by atoms with Crippen molar-refractivity contribution in [2.45, 2.75) is 6.54 Å². The van der Waals surface area contributed by atoms with Crippen LogP contribution in [0.5, 0.6) is 5.75 Å². The van der Waals surface area contributed by atoms with Crippen molar-refractivity contribution in [3.8, 4) is 5.75 Å². The Balaban J connectivity index is 1.85. The van der Waals surface area contributed by atoms with Crippen LogP contribution in [0.15, 0.2) is 41.1 Å². The van der Waals surface area contributed by atoms with Crippen LogP contribution in [0.25, 0.3) is 0 Å². The summed E-state index contributed by atoms with van der Waals surface area (Å²) in [4.78, 5) is 10.6. The Labute approximate surface area is 109 Å². The van der Waals surface area contributed by atoms with Crippen LogP contribution in [0, 0.1) is 0 Å². The zero-order chi connectivity index (χ0) is 12.8.